The Hall–Kier alpha value is -2.96. The zero-order valence-corrected chi connectivity index (χ0v) is 20.7. The second kappa shape index (κ2) is 12.5. The van der Waals surface area contributed by atoms with Crippen LogP contribution in [0, 0.1) is 0 Å². The number of carboxylic acids is 1. The molecule has 13 heteroatoms. The van der Waals surface area contributed by atoms with E-state index in [1.807, 2.05) is 6.92 Å². The van der Waals surface area contributed by atoms with Gasteiger partial charge in [0.15, 0.2) is 6.61 Å². The van der Waals surface area contributed by atoms with E-state index < -0.39 is 51.0 Å². The molecule has 0 saturated heterocycles. The van der Waals surface area contributed by atoms with Crippen LogP contribution in [0.1, 0.15) is 56.6 Å². The van der Waals surface area contributed by atoms with Gasteiger partial charge in [0.1, 0.15) is 5.75 Å². The average Bonchev–Trinajstić information content (AvgIpc) is 2.81. The van der Waals surface area contributed by atoms with Gasteiger partial charge in [-0.2, -0.15) is 26.3 Å². The maximum absolute atomic E-state index is 13.4. The van der Waals surface area contributed by atoms with E-state index in [0.29, 0.717) is 12.8 Å². The van der Waals surface area contributed by atoms with Gasteiger partial charge in [-0.25, -0.2) is 13.2 Å². The average molecular weight is 556 g/mol. The predicted molar refractivity (Wildman–Crippen MR) is 124 cm³/mol. The number of halogens is 6. The minimum Gasteiger partial charge on any atom is -0.482 e. The van der Waals surface area contributed by atoms with Gasteiger partial charge in [-0.05, 0) is 48.9 Å². The van der Waals surface area contributed by atoms with Gasteiger partial charge in [-0.1, -0.05) is 39.0 Å². The molecule has 0 fully saturated rings. The lowest BCUT2D eigenvalue weighted by Crippen LogP contribution is -2.32. The van der Waals surface area contributed by atoms with Crippen LogP contribution in [0.25, 0.3) is 0 Å². The first-order valence-corrected chi connectivity index (χ1v) is 12.9. The van der Waals surface area contributed by atoms with Crippen molar-refractivity contribution in [3.63, 3.8) is 0 Å². The first-order chi connectivity index (χ1) is 17.2. The number of alkyl halides is 6. The smallest absolute Gasteiger partial charge is 0.416 e. The minimum absolute atomic E-state index is 0.0257. The molecule has 0 aliphatic carbocycles. The first kappa shape index (κ1) is 30.3. The van der Waals surface area contributed by atoms with Gasteiger partial charge in [0.25, 0.3) is 10.0 Å². The van der Waals surface area contributed by atoms with Gasteiger partial charge in [-0.3, -0.25) is 4.31 Å². The molecular weight excluding hydrogens is 528 g/mol. The topological polar surface area (TPSA) is 83.9 Å². The van der Waals surface area contributed by atoms with Gasteiger partial charge in [0.2, 0.25) is 0 Å². The molecule has 37 heavy (non-hydrogen) atoms. The summed E-state index contributed by atoms with van der Waals surface area (Å²) in [5.41, 5.74) is -3.50. The van der Waals surface area contributed by atoms with Crippen LogP contribution in [0.5, 0.6) is 5.75 Å². The van der Waals surface area contributed by atoms with Crippen molar-refractivity contribution in [3.05, 3.63) is 53.6 Å². The molecule has 0 unspecified atom stereocenters. The molecule has 6 nitrogen and oxygen atoms in total. The van der Waals surface area contributed by atoms with Crippen molar-refractivity contribution in [3.8, 4) is 5.75 Å². The number of hydrogen-bond donors (Lipinski definition) is 1. The monoisotopic (exact) mass is 555 g/mol. The zero-order valence-electron chi connectivity index (χ0n) is 19.9. The summed E-state index contributed by atoms with van der Waals surface area (Å²) in [5, 5.41) is 8.71. The number of sulfonamides is 1. The highest BCUT2D eigenvalue weighted by Gasteiger charge is 2.39. The standard InChI is InChI=1S/C24H27F6NO5S/c1-2-3-4-5-6-7-12-31(19-8-10-20(11-9-19)36-16-22(32)33)37(34,35)21-14-17(23(25,26)27)13-18(15-21)24(28,29)30/h8-11,13-15H,2-7,12,16H2,1H3,(H,32,33). The lowest BCUT2D eigenvalue weighted by molar-refractivity contribution is -0.143. The van der Waals surface area contributed by atoms with E-state index in [4.69, 9.17) is 9.84 Å². The summed E-state index contributed by atoms with van der Waals surface area (Å²) in [5.74, 6) is -1.16. The molecule has 2 rings (SSSR count). The van der Waals surface area contributed by atoms with Crippen LogP contribution in [-0.4, -0.2) is 32.6 Å². The lowest BCUT2D eigenvalue weighted by atomic mass is 10.1. The Morgan fingerprint density at radius 2 is 1.38 bits per heavy atom. The van der Waals surface area contributed by atoms with Crippen LogP contribution in [0.15, 0.2) is 47.4 Å². The maximum atomic E-state index is 13.4. The molecule has 0 aliphatic rings. The fourth-order valence-electron chi connectivity index (χ4n) is 3.48. The van der Waals surface area contributed by atoms with Crippen LogP contribution >= 0.6 is 0 Å². The number of carbonyl (C=O) groups is 1. The highest BCUT2D eigenvalue weighted by Crippen LogP contribution is 2.38. The SMILES string of the molecule is CCCCCCCCN(c1ccc(OCC(=O)O)cc1)S(=O)(=O)c1cc(C(F)(F)F)cc(C(F)(F)F)c1. The van der Waals surface area contributed by atoms with E-state index in [2.05, 4.69) is 0 Å². The maximum Gasteiger partial charge on any atom is 0.416 e. The molecular formula is C24H27F6NO5S. The molecule has 0 aromatic heterocycles. The van der Waals surface area contributed by atoms with Crippen LogP contribution < -0.4 is 9.04 Å². The Morgan fingerprint density at radius 1 is 0.865 bits per heavy atom. The number of aliphatic carboxylic acids is 1. The molecule has 0 heterocycles. The largest absolute Gasteiger partial charge is 0.482 e. The van der Waals surface area contributed by atoms with Crippen molar-refractivity contribution in [1.82, 2.24) is 0 Å². The number of hydrogen-bond acceptors (Lipinski definition) is 4. The van der Waals surface area contributed by atoms with Crippen LogP contribution in [0.4, 0.5) is 32.0 Å². The number of rotatable bonds is 13. The number of nitrogens with zero attached hydrogens (tertiary/aromatic N) is 1. The third-order valence-corrected chi connectivity index (χ3v) is 7.16. The quantitative estimate of drug-likeness (QED) is 0.219. The number of anilines is 1. The molecule has 0 saturated carbocycles. The molecule has 0 amide bonds. The summed E-state index contributed by atoms with van der Waals surface area (Å²) in [4.78, 5) is 9.53. The molecule has 1 N–H and O–H groups in total. The summed E-state index contributed by atoms with van der Waals surface area (Å²) in [6.45, 7) is 1.16. The Morgan fingerprint density at radius 3 is 1.86 bits per heavy atom. The highest BCUT2D eigenvalue weighted by molar-refractivity contribution is 7.92. The minimum atomic E-state index is -5.21. The van der Waals surface area contributed by atoms with E-state index in [0.717, 1.165) is 30.0 Å². The van der Waals surface area contributed by atoms with Crippen molar-refractivity contribution in [2.75, 3.05) is 17.5 Å². The summed E-state index contributed by atoms with van der Waals surface area (Å²) < 4.78 is 113. The van der Waals surface area contributed by atoms with Crippen molar-refractivity contribution in [1.29, 1.82) is 0 Å². The van der Waals surface area contributed by atoms with Crippen LogP contribution in [0.3, 0.4) is 0 Å². The van der Waals surface area contributed by atoms with Gasteiger partial charge in [0.05, 0.1) is 21.7 Å². The third-order valence-electron chi connectivity index (χ3n) is 5.35. The summed E-state index contributed by atoms with van der Waals surface area (Å²) in [6.07, 6.45) is -5.86. The molecule has 2 aromatic carbocycles. The Labute approximate surface area is 210 Å². The number of carboxylic acid groups (broad SMARTS) is 1. The summed E-state index contributed by atoms with van der Waals surface area (Å²) >= 11 is 0. The van der Waals surface area contributed by atoms with Gasteiger partial charge >= 0.3 is 18.3 Å². The van der Waals surface area contributed by atoms with E-state index in [-0.39, 0.29) is 36.2 Å². The van der Waals surface area contributed by atoms with Gasteiger partial charge in [0, 0.05) is 6.54 Å². The highest BCUT2D eigenvalue weighted by atomic mass is 32.2. The summed E-state index contributed by atoms with van der Waals surface area (Å²) in [7, 11) is -4.86. The van der Waals surface area contributed by atoms with E-state index in [9.17, 15) is 39.6 Å². The Bertz CT molecular complexity index is 1120. The van der Waals surface area contributed by atoms with E-state index in [1.54, 1.807) is 0 Å². The molecule has 0 bridgehead atoms. The van der Waals surface area contributed by atoms with Gasteiger partial charge in [-0.15, -0.1) is 0 Å². The Kier molecular flexibility index (Phi) is 10.2. The predicted octanol–water partition coefficient (Wildman–Crippen LogP) is 6.74. The van der Waals surface area contributed by atoms with E-state index >= 15 is 0 Å². The number of unbranched alkanes of at least 4 members (excludes halogenated alkanes) is 5. The second-order valence-electron chi connectivity index (χ2n) is 8.26. The van der Waals surface area contributed by atoms with E-state index in [1.165, 1.54) is 24.3 Å². The number of ether oxygens (including phenoxy) is 1. The number of benzene rings is 2. The van der Waals surface area contributed by atoms with Crippen molar-refractivity contribution in [2.45, 2.75) is 62.7 Å². The van der Waals surface area contributed by atoms with Crippen LogP contribution in [-0.2, 0) is 27.2 Å². The fourth-order valence-corrected chi connectivity index (χ4v) is 5.06. The Balaban J connectivity index is 2.49. The van der Waals surface area contributed by atoms with Crippen LogP contribution in [0.2, 0.25) is 0 Å². The molecule has 0 aliphatic heterocycles. The second-order valence-corrected chi connectivity index (χ2v) is 10.1. The first-order valence-electron chi connectivity index (χ1n) is 11.4. The molecule has 2 aromatic rings. The van der Waals surface area contributed by atoms with Crippen molar-refractivity contribution < 1.29 is 49.4 Å². The third kappa shape index (κ3) is 8.83. The normalized spacial score (nSPS) is 12.4. The summed E-state index contributed by atoms with van der Waals surface area (Å²) in [6, 6.07) is 5.23. The molecule has 0 radical (unpaired) electrons. The molecule has 0 spiro atoms. The zero-order chi connectivity index (χ0) is 27.9. The van der Waals surface area contributed by atoms with Crippen molar-refractivity contribution in [2.24, 2.45) is 0 Å². The van der Waals surface area contributed by atoms with Crippen molar-refractivity contribution >= 4 is 21.7 Å². The molecule has 206 valence electrons. The lowest BCUT2D eigenvalue weighted by Gasteiger charge is -2.26. The van der Waals surface area contributed by atoms with Gasteiger partial charge < -0.3 is 9.84 Å². The fraction of sp³-hybridized carbons (Fsp3) is 0.458. The molecule has 0 atom stereocenters.